The molecule has 0 aliphatic heterocycles. The average Bonchev–Trinajstić information content (AvgIpc) is 2.89. The molecule has 0 aromatic heterocycles. The van der Waals surface area contributed by atoms with Crippen LogP contribution in [0.25, 0.3) is 0 Å². The second-order valence-corrected chi connectivity index (χ2v) is 10.3. The summed E-state index contributed by atoms with van der Waals surface area (Å²) < 4.78 is 13.0. The van der Waals surface area contributed by atoms with Gasteiger partial charge >= 0.3 is 0 Å². The number of nitrogens with one attached hydrogen (secondary N) is 2. The maximum absolute atomic E-state index is 12.0. The molecule has 0 unspecified atom stereocenters. The van der Waals surface area contributed by atoms with Crippen LogP contribution in [0.1, 0.15) is 76.3 Å². The number of amides is 2. The number of benzene rings is 2. The highest BCUT2D eigenvalue weighted by Crippen LogP contribution is 2.22. The van der Waals surface area contributed by atoms with Gasteiger partial charge in [-0.3, -0.25) is 9.59 Å². The van der Waals surface area contributed by atoms with E-state index in [2.05, 4.69) is 52.9 Å². The van der Waals surface area contributed by atoms with Crippen LogP contribution in [0.3, 0.4) is 0 Å². The van der Waals surface area contributed by atoms with Gasteiger partial charge in [0.05, 0.1) is 25.6 Å². The zero-order valence-corrected chi connectivity index (χ0v) is 25.1. The Morgan fingerprint density at radius 1 is 0.711 bits per heavy atom. The van der Waals surface area contributed by atoms with Crippen LogP contribution in [-0.2, 0) is 9.59 Å². The second-order valence-electron chi connectivity index (χ2n) is 8.44. The number of unbranched alkanes of at least 4 members (excludes halogenated alkanes) is 5. The van der Waals surface area contributed by atoms with E-state index in [-0.39, 0.29) is 11.8 Å². The number of carbonyl (C=O) groups excluding carboxylic acids is 2. The van der Waals surface area contributed by atoms with Crippen molar-refractivity contribution >= 4 is 56.1 Å². The molecule has 8 nitrogen and oxygen atoms in total. The highest BCUT2D eigenvalue weighted by molar-refractivity contribution is 9.10. The molecule has 2 rings (SSSR count). The van der Waals surface area contributed by atoms with Crippen molar-refractivity contribution in [3.05, 3.63) is 56.5 Å². The summed E-state index contributed by atoms with van der Waals surface area (Å²) in [5.41, 5.74) is 6.74. The van der Waals surface area contributed by atoms with Gasteiger partial charge in [-0.25, -0.2) is 10.9 Å². The average molecular weight is 652 g/mol. The third-order valence-corrected chi connectivity index (χ3v) is 6.37. The van der Waals surface area contributed by atoms with Crippen LogP contribution >= 0.6 is 31.9 Å². The van der Waals surface area contributed by atoms with Crippen molar-refractivity contribution in [3.8, 4) is 11.5 Å². The molecule has 0 saturated carbocycles. The van der Waals surface area contributed by atoms with Crippen molar-refractivity contribution in [2.24, 2.45) is 10.2 Å². The molecule has 0 heterocycles. The number of hydrogen-bond donors (Lipinski definition) is 2. The number of nitrogens with zero attached hydrogens (tertiary/aromatic N) is 2. The van der Waals surface area contributed by atoms with Crippen LogP contribution in [0.4, 0.5) is 0 Å². The molecule has 0 aliphatic carbocycles. The molecule has 206 valence electrons. The van der Waals surface area contributed by atoms with Crippen molar-refractivity contribution in [1.82, 2.24) is 10.9 Å². The van der Waals surface area contributed by atoms with Gasteiger partial charge < -0.3 is 9.47 Å². The van der Waals surface area contributed by atoms with Crippen molar-refractivity contribution in [3.63, 3.8) is 0 Å². The number of halogens is 2. The molecule has 0 atom stereocenters. The lowest BCUT2D eigenvalue weighted by Crippen LogP contribution is -2.17. The van der Waals surface area contributed by atoms with E-state index in [1.165, 1.54) is 0 Å². The molecular formula is C28H36Br2N4O4. The van der Waals surface area contributed by atoms with E-state index < -0.39 is 0 Å². The van der Waals surface area contributed by atoms with Crippen molar-refractivity contribution < 1.29 is 19.1 Å². The Kier molecular flexibility index (Phi) is 15.3. The molecule has 0 fully saturated rings. The Hall–Kier alpha value is -2.72. The Morgan fingerprint density at radius 3 is 1.50 bits per heavy atom. The fraction of sp³-hybridized carbons (Fsp3) is 0.429. The Balaban J connectivity index is 1.54. The second kappa shape index (κ2) is 18.5. The van der Waals surface area contributed by atoms with Gasteiger partial charge in [0.25, 0.3) is 0 Å². The molecular weight excluding hydrogens is 616 g/mol. The van der Waals surface area contributed by atoms with Crippen molar-refractivity contribution in [1.29, 1.82) is 0 Å². The SMILES string of the molecule is CCOc1ccc(Br)cc1/C=N\NC(=O)CCCCCCCCC(=O)N/N=C\c1cc(Br)ccc1OCC. The van der Waals surface area contributed by atoms with Gasteiger partial charge in [0.15, 0.2) is 0 Å². The minimum Gasteiger partial charge on any atom is -0.493 e. The smallest absolute Gasteiger partial charge is 0.240 e. The van der Waals surface area contributed by atoms with Gasteiger partial charge in [-0.05, 0) is 63.1 Å². The zero-order chi connectivity index (χ0) is 27.6. The quantitative estimate of drug-likeness (QED) is 0.112. The highest BCUT2D eigenvalue weighted by atomic mass is 79.9. The Labute approximate surface area is 241 Å². The molecule has 0 spiro atoms. The predicted octanol–water partition coefficient (Wildman–Crippen LogP) is 6.73. The molecule has 2 amide bonds. The van der Waals surface area contributed by atoms with Gasteiger partial charge in [-0.1, -0.05) is 57.5 Å². The first-order valence-electron chi connectivity index (χ1n) is 12.9. The molecule has 0 radical (unpaired) electrons. The molecule has 2 aromatic rings. The van der Waals surface area contributed by atoms with E-state index in [9.17, 15) is 9.59 Å². The minimum atomic E-state index is -0.109. The van der Waals surface area contributed by atoms with Gasteiger partial charge in [0, 0.05) is 32.9 Å². The van der Waals surface area contributed by atoms with Crippen LogP contribution in [0.15, 0.2) is 55.5 Å². The molecule has 10 heteroatoms. The van der Waals surface area contributed by atoms with Gasteiger partial charge in [0.2, 0.25) is 11.8 Å². The molecule has 38 heavy (non-hydrogen) atoms. The first-order valence-corrected chi connectivity index (χ1v) is 14.5. The van der Waals surface area contributed by atoms with E-state index in [4.69, 9.17) is 9.47 Å². The molecule has 0 bridgehead atoms. The first-order chi connectivity index (χ1) is 18.4. The normalized spacial score (nSPS) is 11.2. The maximum atomic E-state index is 12.0. The molecule has 0 aliphatic rings. The largest absolute Gasteiger partial charge is 0.493 e. The lowest BCUT2D eigenvalue weighted by atomic mass is 10.1. The molecule has 0 saturated heterocycles. The van der Waals surface area contributed by atoms with E-state index in [1.807, 2.05) is 50.2 Å². The van der Waals surface area contributed by atoms with E-state index >= 15 is 0 Å². The Morgan fingerprint density at radius 2 is 1.11 bits per heavy atom. The Bertz CT molecular complexity index is 1010. The number of hydrazone groups is 2. The predicted molar refractivity (Wildman–Crippen MR) is 159 cm³/mol. The van der Waals surface area contributed by atoms with Crippen LogP contribution in [0, 0.1) is 0 Å². The summed E-state index contributed by atoms with van der Waals surface area (Å²) in [5.74, 6) is 1.22. The molecule has 2 aromatic carbocycles. The summed E-state index contributed by atoms with van der Waals surface area (Å²) in [7, 11) is 0. The van der Waals surface area contributed by atoms with E-state index in [0.29, 0.717) is 26.1 Å². The van der Waals surface area contributed by atoms with Crippen molar-refractivity contribution in [2.45, 2.75) is 65.2 Å². The third kappa shape index (κ3) is 12.7. The van der Waals surface area contributed by atoms with Gasteiger partial charge in [-0.15, -0.1) is 0 Å². The summed E-state index contributed by atoms with van der Waals surface area (Å²) in [6.07, 6.45) is 9.61. The summed E-state index contributed by atoms with van der Waals surface area (Å²) in [6, 6.07) is 11.3. The summed E-state index contributed by atoms with van der Waals surface area (Å²) >= 11 is 6.86. The number of rotatable bonds is 17. The van der Waals surface area contributed by atoms with Crippen molar-refractivity contribution in [2.75, 3.05) is 13.2 Å². The number of carbonyl (C=O) groups is 2. The lowest BCUT2D eigenvalue weighted by Gasteiger charge is -2.07. The monoisotopic (exact) mass is 650 g/mol. The van der Waals surface area contributed by atoms with E-state index in [1.54, 1.807) is 12.4 Å². The zero-order valence-electron chi connectivity index (χ0n) is 22.0. The lowest BCUT2D eigenvalue weighted by molar-refractivity contribution is -0.122. The van der Waals surface area contributed by atoms with Crippen LogP contribution in [0.2, 0.25) is 0 Å². The third-order valence-electron chi connectivity index (χ3n) is 5.39. The standard InChI is InChI=1S/C28H36Br2N4O4/c1-3-37-25-15-13-23(29)17-21(25)19-31-33-27(35)11-9-7-5-6-8-10-12-28(36)34-32-20-22-18-24(30)14-16-26(22)38-4-2/h13-20H,3-12H2,1-2H3,(H,33,35)(H,34,36)/b31-19-,32-20-. The van der Waals surface area contributed by atoms with Crippen LogP contribution in [-0.4, -0.2) is 37.5 Å². The number of ether oxygens (including phenoxy) is 2. The van der Waals surface area contributed by atoms with Crippen LogP contribution < -0.4 is 20.3 Å². The summed E-state index contributed by atoms with van der Waals surface area (Å²) in [6.45, 7) is 4.95. The number of hydrogen-bond acceptors (Lipinski definition) is 6. The van der Waals surface area contributed by atoms with Crippen LogP contribution in [0.5, 0.6) is 11.5 Å². The van der Waals surface area contributed by atoms with Gasteiger partial charge in [0.1, 0.15) is 11.5 Å². The minimum absolute atomic E-state index is 0.109. The van der Waals surface area contributed by atoms with Gasteiger partial charge in [-0.2, -0.15) is 10.2 Å². The highest BCUT2D eigenvalue weighted by Gasteiger charge is 2.05. The fourth-order valence-electron chi connectivity index (χ4n) is 3.55. The fourth-order valence-corrected chi connectivity index (χ4v) is 4.31. The summed E-state index contributed by atoms with van der Waals surface area (Å²) in [4.78, 5) is 24.1. The summed E-state index contributed by atoms with van der Waals surface area (Å²) in [5, 5.41) is 8.11. The van der Waals surface area contributed by atoms with E-state index in [0.717, 1.165) is 70.1 Å². The molecule has 2 N–H and O–H groups in total. The topological polar surface area (TPSA) is 101 Å². The first kappa shape index (κ1) is 31.5. The maximum Gasteiger partial charge on any atom is 0.240 e.